The van der Waals surface area contributed by atoms with Crippen molar-refractivity contribution in [3.05, 3.63) is 60.0 Å². The van der Waals surface area contributed by atoms with Crippen LogP contribution in [-0.2, 0) is 11.2 Å². The Bertz CT molecular complexity index is 1010. The fourth-order valence-corrected chi connectivity index (χ4v) is 2.80. The molecule has 7 nitrogen and oxygen atoms in total. The second kappa shape index (κ2) is 6.95. The Morgan fingerprint density at radius 1 is 1.11 bits per heavy atom. The molecular weight excluding hydrogens is 348 g/mol. The molecule has 0 fully saturated rings. The zero-order valence-electron chi connectivity index (χ0n) is 14.5. The number of carbonyl (C=O) groups excluding carboxylic acids is 2. The quantitative estimate of drug-likeness (QED) is 0.697. The lowest BCUT2D eigenvalue weighted by atomic mass is 10.1. The molecule has 1 amide bonds. The molecule has 7 heteroatoms. The molecule has 1 aliphatic rings. The molecule has 0 aliphatic carbocycles. The fraction of sp³-hybridized carbons (Fsp3) is 0.150. The number of benzene rings is 2. The number of anilines is 1. The summed E-state index contributed by atoms with van der Waals surface area (Å²) in [4.78, 5) is 28.7. The number of fused-ring (bicyclic) bond motifs is 1. The van der Waals surface area contributed by atoms with E-state index in [9.17, 15) is 9.59 Å². The molecule has 3 aromatic rings. The Kier molecular flexibility index (Phi) is 4.33. The summed E-state index contributed by atoms with van der Waals surface area (Å²) >= 11 is 0. The van der Waals surface area contributed by atoms with Gasteiger partial charge in [0.2, 0.25) is 18.6 Å². The molecule has 0 radical (unpaired) electrons. The van der Waals surface area contributed by atoms with E-state index in [4.69, 9.17) is 13.9 Å². The van der Waals surface area contributed by atoms with Gasteiger partial charge in [-0.15, -0.1) is 0 Å². The van der Waals surface area contributed by atoms with Crippen molar-refractivity contribution in [3.63, 3.8) is 0 Å². The van der Waals surface area contributed by atoms with Crippen LogP contribution in [0, 0.1) is 0 Å². The Morgan fingerprint density at radius 3 is 2.59 bits per heavy atom. The molecule has 0 spiro atoms. The predicted octanol–water partition coefficient (Wildman–Crippen LogP) is 3.45. The van der Waals surface area contributed by atoms with Crippen LogP contribution in [0.5, 0.6) is 11.5 Å². The number of nitrogens with zero attached hydrogens (tertiary/aromatic N) is 1. The van der Waals surface area contributed by atoms with Crippen molar-refractivity contribution in [1.82, 2.24) is 4.98 Å². The fourth-order valence-electron chi connectivity index (χ4n) is 2.80. The summed E-state index contributed by atoms with van der Waals surface area (Å²) in [5.41, 5.74) is 2.07. The zero-order chi connectivity index (χ0) is 18.8. The van der Waals surface area contributed by atoms with Crippen LogP contribution in [0.1, 0.15) is 23.0 Å². The minimum atomic E-state index is -0.315. The van der Waals surface area contributed by atoms with Crippen molar-refractivity contribution in [3.8, 4) is 23.0 Å². The van der Waals surface area contributed by atoms with Gasteiger partial charge in [0.25, 0.3) is 0 Å². The van der Waals surface area contributed by atoms with Gasteiger partial charge in [0, 0.05) is 17.2 Å². The first kappa shape index (κ1) is 16.8. The number of nitrogens with one attached hydrogen (secondary N) is 1. The van der Waals surface area contributed by atoms with Gasteiger partial charge in [0.1, 0.15) is 6.26 Å². The first-order valence-corrected chi connectivity index (χ1v) is 8.34. The minimum absolute atomic E-state index is 0.0160. The Morgan fingerprint density at radius 2 is 1.85 bits per heavy atom. The number of ether oxygens (including phenoxy) is 2. The van der Waals surface area contributed by atoms with Crippen molar-refractivity contribution < 1.29 is 23.5 Å². The standard InChI is InChI=1S/C20H16N2O5/c1-12(23)15-8-17-18(27-11-26-17)9-16(15)22-19(24)7-14-10-25-20(21-14)13-5-3-2-4-6-13/h2-6,8-10H,7,11H2,1H3,(H,22,24). The number of hydrogen-bond donors (Lipinski definition) is 1. The maximum absolute atomic E-state index is 12.4. The van der Waals surface area contributed by atoms with Gasteiger partial charge in [-0.05, 0) is 25.1 Å². The van der Waals surface area contributed by atoms with Crippen LogP contribution in [0.15, 0.2) is 53.1 Å². The summed E-state index contributed by atoms with van der Waals surface area (Å²) in [6.07, 6.45) is 1.47. The Labute approximate surface area is 154 Å². The second-order valence-electron chi connectivity index (χ2n) is 6.04. The molecule has 1 N–H and O–H groups in total. The average molecular weight is 364 g/mol. The highest BCUT2D eigenvalue weighted by molar-refractivity contribution is 6.04. The first-order chi connectivity index (χ1) is 13.1. The highest BCUT2D eigenvalue weighted by Gasteiger charge is 2.21. The van der Waals surface area contributed by atoms with Crippen LogP contribution in [0.25, 0.3) is 11.5 Å². The highest BCUT2D eigenvalue weighted by atomic mass is 16.7. The van der Waals surface area contributed by atoms with E-state index in [0.29, 0.717) is 34.3 Å². The van der Waals surface area contributed by atoms with Gasteiger partial charge in [-0.1, -0.05) is 18.2 Å². The van der Waals surface area contributed by atoms with Gasteiger partial charge >= 0.3 is 0 Å². The van der Waals surface area contributed by atoms with E-state index < -0.39 is 0 Å². The van der Waals surface area contributed by atoms with Crippen molar-refractivity contribution in [1.29, 1.82) is 0 Å². The smallest absolute Gasteiger partial charge is 0.231 e. The summed E-state index contributed by atoms with van der Waals surface area (Å²) in [6.45, 7) is 1.52. The van der Waals surface area contributed by atoms with E-state index in [1.54, 1.807) is 12.1 Å². The van der Waals surface area contributed by atoms with Gasteiger partial charge in [-0.3, -0.25) is 9.59 Å². The lowest BCUT2D eigenvalue weighted by molar-refractivity contribution is -0.115. The molecule has 0 bridgehead atoms. The number of carbonyl (C=O) groups is 2. The summed E-state index contributed by atoms with van der Waals surface area (Å²) in [7, 11) is 0. The number of Topliss-reactive ketones (excluding diaryl/α,β-unsaturated/α-hetero) is 1. The molecule has 0 saturated carbocycles. The van der Waals surface area contributed by atoms with E-state index in [1.165, 1.54) is 13.2 Å². The third-order valence-electron chi connectivity index (χ3n) is 4.08. The molecule has 0 saturated heterocycles. The summed E-state index contributed by atoms with van der Waals surface area (Å²) < 4.78 is 16.0. The number of hydrogen-bond acceptors (Lipinski definition) is 6. The van der Waals surface area contributed by atoms with Gasteiger partial charge < -0.3 is 19.2 Å². The van der Waals surface area contributed by atoms with Crippen molar-refractivity contribution in [2.75, 3.05) is 12.1 Å². The van der Waals surface area contributed by atoms with E-state index in [-0.39, 0.29) is 24.9 Å². The van der Waals surface area contributed by atoms with Crippen LogP contribution < -0.4 is 14.8 Å². The predicted molar refractivity (Wildman–Crippen MR) is 96.8 cm³/mol. The van der Waals surface area contributed by atoms with Crippen LogP contribution in [0.2, 0.25) is 0 Å². The monoisotopic (exact) mass is 364 g/mol. The number of oxazole rings is 1. The van der Waals surface area contributed by atoms with E-state index in [0.717, 1.165) is 5.56 Å². The molecule has 1 aromatic heterocycles. The van der Waals surface area contributed by atoms with Gasteiger partial charge in [0.05, 0.1) is 17.8 Å². The summed E-state index contributed by atoms with van der Waals surface area (Å²) in [5.74, 6) is 0.928. The number of rotatable bonds is 5. The molecule has 136 valence electrons. The molecule has 1 aliphatic heterocycles. The van der Waals surface area contributed by atoms with Crippen LogP contribution >= 0.6 is 0 Å². The normalized spacial score (nSPS) is 12.0. The topological polar surface area (TPSA) is 90.7 Å². The molecule has 0 unspecified atom stereocenters. The lowest BCUT2D eigenvalue weighted by Crippen LogP contribution is -2.16. The first-order valence-electron chi connectivity index (χ1n) is 8.34. The Balaban J connectivity index is 1.50. The average Bonchev–Trinajstić information content (AvgIpc) is 3.30. The largest absolute Gasteiger partial charge is 0.454 e. The van der Waals surface area contributed by atoms with Crippen LogP contribution in [0.3, 0.4) is 0 Å². The molecule has 4 rings (SSSR count). The van der Waals surface area contributed by atoms with Crippen molar-refractivity contribution in [2.45, 2.75) is 13.3 Å². The van der Waals surface area contributed by atoms with Crippen LogP contribution in [0.4, 0.5) is 5.69 Å². The van der Waals surface area contributed by atoms with E-state index in [2.05, 4.69) is 10.3 Å². The number of amides is 1. The second-order valence-corrected chi connectivity index (χ2v) is 6.04. The third-order valence-corrected chi connectivity index (χ3v) is 4.08. The van der Waals surface area contributed by atoms with E-state index >= 15 is 0 Å². The molecule has 27 heavy (non-hydrogen) atoms. The molecule has 2 heterocycles. The lowest BCUT2D eigenvalue weighted by Gasteiger charge is -2.10. The SMILES string of the molecule is CC(=O)c1cc2c(cc1NC(=O)Cc1coc(-c3ccccc3)n1)OCO2. The number of ketones is 1. The number of aromatic nitrogens is 1. The van der Waals surface area contributed by atoms with Gasteiger partial charge in [-0.2, -0.15) is 0 Å². The van der Waals surface area contributed by atoms with Gasteiger partial charge in [0.15, 0.2) is 17.3 Å². The zero-order valence-corrected chi connectivity index (χ0v) is 14.5. The molecule has 0 atom stereocenters. The van der Waals surface area contributed by atoms with Gasteiger partial charge in [-0.25, -0.2) is 4.98 Å². The minimum Gasteiger partial charge on any atom is -0.454 e. The van der Waals surface area contributed by atoms with E-state index in [1.807, 2.05) is 30.3 Å². The maximum atomic E-state index is 12.4. The summed E-state index contributed by atoms with van der Waals surface area (Å²) in [5, 5.41) is 2.74. The molecule has 2 aromatic carbocycles. The third kappa shape index (κ3) is 3.52. The Hall–Kier alpha value is -3.61. The highest BCUT2D eigenvalue weighted by Crippen LogP contribution is 2.37. The molecular formula is C20H16N2O5. The maximum Gasteiger partial charge on any atom is 0.231 e. The van der Waals surface area contributed by atoms with Crippen LogP contribution in [-0.4, -0.2) is 23.5 Å². The van der Waals surface area contributed by atoms with Crippen molar-refractivity contribution in [2.24, 2.45) is 0 Å². The summed E-state index contributed by atoms with van der Waals surface area (Å²) in [6, 6.07) is 12.6. The van der Waals surface area contributed by atoms with Crippen molar-refractivity contribution >= 4 is 17.4 Å².